The SMILES string of the molecule is CC(C)(C)c1nn(Cc2ccccc2)cc1S(=O)(=O)NCc1c(F)cccc1F. The molecule has 0 aliphatic heterocycles. The summed E-state index contributed by atoms with van der Waals surface area (Å²) in [6, 6.07) is 12.9. The molecule has 3 aromatic rings. The Morgan fingerprint density at radius 2 is 1.62 bits per heavy atom. The van der Waals surface area contributed by atoms with Crippen LogP contribution in [0.2, 0.25) is 0 Å². The van der Waals surface area contributed by atoms with Crippen molar-refractivity contribution in [2.24, 2.45) is 0 Å². The van der Waals surface area contributed by atoms with Crippen molar-refractivity contribution in [3.63, 3.8) is 0 Å². The van der Waals surface area contributed by atoms with Crippen molar-refractivity contribution < 1.29 is 17.2 Å². The summed E-state index contributed by atoms with van der Waals surface area (Å²) >= 11 is 0. The topological polar surface area (TPSA) is 64.0 Å². The van der Waals surface area contributed by atoms with Gasteiger partial charge in [0.1, 0.15) is 16.5 Å². The molecule has 0 aliphatic carbocycles. The van der Waals surface area contributed by atoms with E-state index >= 15 is 0 Å². The van der Waals surface area contributed by atoms with Gasteiger partial charge in [-0.25, -0.2) is 21.9 Å². The molecule has 0 saturated carbocycles. The lowest BCUT2D eigenvalue weighted by atomic mass is 9.92. The molecule has 0 radical (unpaired) electrons. The summed E-state index contributed by atoms with van der Waals surface area (Å²) in [6.45, 7) is 5.49. The van der Waals surface area contributed by atoms with Crippen LogP contribution < -0.4 is 4.72 Å². The second kappa shape index (κ2) is 8.04. The van der Waals surface area contributed by atoms with E-state index in [0.717, 1.165) is 17.7 Å². The maximum absolute atomic E-state index is 13.9. The van der Waals surface area contributed by atoms with Crippen LogP contribution in [-0.2, 0) is 28.5 Å². The first-order valence-corrected chi connectivity index (χ1v) is 10.6. The average Bonchev–Trinajstić information content (AvgIpc) is 3.07. The molecular formula is C21H23F2N3O2S. The highest BCUT2D eigenvalue weighted by Gasteiger charge is 2.30. The average molecular weight is 419 g/mol. The third-order valence-corrected chi connectivity index (χ3v) is 5.82. The fourth-order valence-electron chi connectivity index (χ4n) is 2.92. The van der Waals surface area contributed by atoms with Gasteiger partial charge in [-0.1, -0.05) is 57.2 Å². The fraction of sp³-hybridized carbons (Fsp3) is 0.286. The minimum atomic E-state index is -4.04. The van der Waals surface area contributed by atoms with Gasteiger partial charge in [0.25, 0.3) is 0 Å². The third-order valence-electron chi connectivity index (χ3n) is 4.42. The predicted molar refractivity (Wildman–Crippen MR) is 107 cm³/mol. The molecule has 0 bridgehead atoms. The summed E-state index contributed by atoms with van der Waals surface area (Å²) in [5, 5.41) is 4.48. The molecule has 8 heteroatoms. The van der Waals surface area contributed by atoms with Crippen LogP contribution in [-0.4, -0.2) is 18.2 Å². The van der Waals surface area contributed by atoms with E-state index in [0.29, 0.717) is 12.2 Å². The molecule has 2 aromatic carbocycles. The van der Waals surface area contributed by atoms with E-state index in [1.807, 2.05) is 51.1 Å². The van der Waals surface area contributed by atoms with Gasteiger partial charge in [-0.05, 0) is 17.7 Å². The van der Waals surface area contributed by atoms with E-state index in [9.17, 15) is 17.2 Å². The first-order chi connectivity index (χ1) is 13.6. The number of halogens is 2. The van der Waals surface area contributed by atoms with Gasteiger partial charge < -0.3 is 0 Å². The van der Waals surface area contributed by atoms with Gasteiger partial charge in [0.15, 0.2) is 0 Å². The molecular weight excluding hydrogens is 396 g/mol. The van der Waals surface area contributed by atoms with Crippen LogP contribution in [0.1, 0.15) is 37.6 Å². The Bertz CT molecular complexity index is 1080. The number of rotatable bonds is 6. The van der Waals surface area contributed by atoms with Crippen LogP contribution in [0.25, 0.3) is 0 Å². The normalized spacial score (nSPS) is 12.3. The molecule has 3 rings (SSSR count). The van der Waals surface area contributed by atoms with E-state index in [4.69, 9.17) is 0 Å². The molecule has 0 atom stereocenters. The predicted octanol–water partition coefficient (Wildman–Crippen LogP) is 3.99. The molecule has 0 fully saturated rings. The molecule has 0 saturated heterocycles. The number of nitrogens with one attached hydrogen (secondary N) is 1. The maximum atomic E-state index is 13.9. The monoisotopic (exact) mass is 419 g/mol. The van der Waals surface area contributed by atoms with Crippen LogP contribution in [0.4, 0.5) is 8.78 Å². The van der Waals surface area contributed by atoms with E-state index in [1.54, 1.807) is 4.68 Å². The summed E-state index contributed by atoms with van der Waals surface area (Å²) in [5.41, 5.74) is 0.482. The highest BCUT2D eigenvalue weighted by atomic mass is 32.2. The number of sulfonamides is 1. The van der Waals surface area contributed by atoms with Crippen LogP contribution in [0.15, 0.2) is 59.6 Å². The zero-order chi connectivity index (χ0) is 21.2. The van der Waals surface area contributed by atoms with Gasteiger partial charge in [-0.15, -0.1) is 0 Å². The standard InChI is InChI=1S/C21H23F2N3O2S/c1-21(2,3)20-19(14-26(25-20)13-15-8-5-4-6-9-15)29(27,28)24-12-16-17(22)10-7-11-18(16)23/h4-11,14,24H,12-13H2,1-3H3. The van der Waals surface area contributed by atoms with Crippen molar-refractivity contribution in [2.75, 3.05) is 0 Å². The number of aromatic nitrogens is 2. The zero-order valence-corrected chi connectivity index (χ0v) is 17.3. The van der Waals surface area contributed by atoms with Crippen molar-refractivity contribution >= 4 is 10.0 Å². The summed E-state index contributed by atoms with van der Waals surface area (Å²) in [7, 11) is -4.04. The largest absolute Gasteiger partial charge is 0.267 e. The van der Waals surface area contributed by atoms with Crippen LogP contribution in [0, 0.1) is 11.6 Å². The lowest BCUT2D eigenvalue weighted by molar-refractivity contribution is 0.528. The maximum Gasteiger partial charge on any atom is 0.244 e. The molecule has 0 unspecified atom stereocenters. The first kappa shape index (κ1) is 21.1. The molecule has 154 valence electrons. The molecule has 29 heavy (non-hydrogen) atoms. The first-order valence-electron chi connectivity index (χ1n) is 9.12. The Morgan fingerprint density at radius 1 is 1.00 bits per heavy atom. The number of nitrogens with zero attached hydrogens (tertiary/aromatic N) is 2. The van der Waals surface area contributed by atoms with Crippen molar-refractivity contribution in [2.45, 2.75) is 44.2 Å². The van der Waals surface area contributed by atoms with Gasteiger partial charge in [0.2, 0.25) is 10.0 Å². The lowest BCUT2D eigenvalue weighted by Gasteiger charge is -2.17. The molecule has 0 amide bonds. The number of benzene rings is 2. The van der Waals surface area contributed by atoms with Gasteiger partial charge in [0, 0.05) is 23.7 Å². The van der Waals surface area contributed by atoms with Gasteiger partial charge in [-0.3, -0.25) is 4.68 Å². The minimum Gasteiger partial charge on any atom is -0.267 e. The van der Waals surface area contributed by atoms with Crippen LogP contribution in [0.5, 0.6) is 0 Å². The van der Waals surface area contributed by atoms with Crippen molar-refractivity contribution in [1.29, 1.82) is 0 Å². The second-order valence-corrected chi connectivity index (χ2v) is 9.54. The number of hydrogen-bond donors (Lipinski definition) is 1. The molecule has 0 aliphatic rings. The molecule has 5 nitrogen and oxygen atoms in total. The van der Waals surface area contributed by atoms with Gasteiger partial charge in [0.05, 0.1) is 12.2 Å². The quantitative estimate of drug-likeness (QED) is 0.657. The smallest absolute Gasteiger partial charge is 0.244 e. The summed E-state index contributed by atoms with van der Waals surface area (Å²) in [4.78, 5) is -0.00215. The van der Waals surface area contributed by atoms with E-state index < -0.39 is 33.6 Å². The third kappa shape index (κ3) is 4.89. The van der Waals surface area contributed by atoms with Crippen molar-refractivity contribution in [3.8, 4) is 0 Å². The van der Waals surface area contributed by atoms with Crippen LogP contribution >= 0.6 is 0 Å². The highest BCUT2D eigenvalue weighted by Crippen LogP contribution is 2.28. The molecule has 0 spiro atoms. The Hall–Kier alpha value is -2.58. The second-order valence-electron chi connectivity index (χ2n) is 7.80. The minimum absolute atomic E-state index is 0.00215. The fourth-order valence-corrected chi connectivity index (χ4v) is 4.27. The van der Waals surface area contributed by atoms with E-state index in [2.05, 4.69) is 9.82 Å². The Kier molecular flexibility index (Phi) is 5.86. The van der Waals surface area contributed by atoms with E-state index in [-0.39, 0.29) is 10.5 Å². The Labute approximate surface area is 169 Å². The van der Waals surface area contributed by atoms with Crippen molar-refractivity contribution in [3.05, 3.63) is 83.2 Å². The molecule has 1 aromatic heterocycles. The van der Waals surface area contributed by atoms with Crippen LogP contribution in [0.3, 0.4) is 0 Å². The number of hydrogen-bond acceptors (Lipinski definition) is 3. The summed E-state index contributed by atoms with van der Waals surface area (Å²) in [5.74, 6) is -1.60. The van der Waals surface area contributed by atoms with Gasteiger partial charge >= 0.3 is 0 Å². The van der Waals surface area contributed by atoms with Crippen molar-refractivity contribution in [1.82, 2.24) is 14.5 Å². The summed E-state index contributed by atoms with van der Waals surface area (Å²) in [6.07, 6.45) is 1.45. The van der Waals surface area contributed by atoms with Gasteiger partial charge in [-0.2, -0.15) is 5.10 Å². The lowest BCUT2D eigenvalue weighted by Crippen LogP contribution is -2.27. The molecule has 1 heterocycles. The summed E-state index contributed by atoms with van der Waals surface area (Å²) < 4.78 is 57.5. The Morgan fingerprint density at radius 3 is 2.21 bits per heavy atom. The highest BCUT2D eigenvalue weighted by molar-refractivity contribution is 7.89. The molecule has 1 N–H and O–H groups in total. The van der Waals surface area contributed by atoms with E-state index in [1.165, 1.54) is 12.3 Å². The Balaban J connectivity index is 1.92. The zero-order valence-electron chi connectivity index (χ0n) is 16.5.